The van der Waals surface area contributed by atoms with Crippen LogP contribution in [0.5, 0.6) is 0 Å². The van der Waals surface area contributed by atoms with Crippen molar-refractivity contribution in [1.29, 1.82) is 0 Å². The lowest BCUT2D eigenvalue weighted by atomic mass is 10.0. The van der Waals surface area contributed by atoms with Crippen LogP contribution in [-0.2, 0) is 16.1 Å². The Labute approximate surface area is 191 Å². The summed E-state index contributed by atoms with van der Waals surface area (Å²) in [5.41, 5.74) is 3.72. The first-order valence-corrected chi connectivity index (χ1v) is 10.7. The van der Waals surface area contributed by atoms with E-state index in [1.54, 1.807) is 12.1 Å². The Kier molecular flexibility index (Phi) is 5.23. The highest BCUT2D eigenvalue weighted by molar-refractivity contribution is 6.36. The van der Waals surface area contributed by atoms with Crippen LogP contribution in [0.25, 0.3) is 16.3 Å². The molecule has 0 unspecified atom stereocenters. The van der Waals surface area contributed by atoms with E-state index < -0.39 is 5.91 Å². The number of anilines is 1. The molecule has 1 aliphatic rings. The Hall–Kier alpha value is -4.25. The lowest BCUT2D eigenvalue weighted by Gasteiger charge is -2.16. The van der Waals surface area contributed by atoms with E-state index in [4.69, 9.17) is 0 Å². The number of nitrogens with zero attached hydrogens (tertiary/aromatic N) is 1. The molecule has 162 valence electrons. The van der Waals surface area contributed by atoms with Crippen LogP contribution >= 0.6 is 0 Å². The quantitative estimate of drug-likeness (QED) is 0.410. The van der Waals surface area contributed by atoms with E-state index in [9.17, 15) is 14.0 Å². The Morgan fingerprint density at radius 1 is 0.788 bits per heavy atom. The third-order valence-corrected chi connectivity index (χ3v) is 5.81. The predicted molar refractivity (Wildman–Crippen MR) is 128 cm³/mol. The number of halogens is 1. The molecular formula is C28H21FN2O2. The molecule has 0 aliphatic carbocycles. The predicted octanol–water partition coefficient (Wildman–Crippen LogP) is 5.68. The van der Waals surface area contributed by atoms with Gasteiger partial charge in [0, 0.05) is 11.1 Å². The van der Waals surface area contributed by atoms with Gasteiger partial charge in [-0.2, -0.15) is 0 Å². The highest BCUT2D eigenvalue weighted by Crippen LogP contribution is 2.33. The number of hydrogen-bond acceptors (Lipinski definition) is 3. The van der Waals surface area contributed by atoms with Crippen molar-refractivity contribution < 1.29 is 14.0 Å². The second-order valence-electron chi connectivity index (χ2n) is 8.09. The van der Waals surface area contributed by atoms with Gasteiger partial charge in [0.15, 0.2) is 0 Å². The van der Waals surface area contributed by atoms with E-state index in [0.717, 1.165) is 22.0 Å². The van der Waals surface area contributed by atoms with Crippen molar-refractivity contribution in [2.45, 2.75) is 13.5 Å². The minimum Gasteiger partial charge on any atom is -0.350 e. The van der Waals surface area contributed by atoms with Gasteiger partial charge in [0.2, 0.25) is 0 Å². The Bertz CT molecular complexity index is 1400. The largest absolute Gasteiger partial charge is 0.350 e. The van der Waals surface area contributed by atoms with Gasteiger partial charge < -0.3 is 5.32 Å². The molecule has 33 heavy (non-hydrogen) atoms. The van der Waals surface area contributed by atoms with Gasteiger partial charge in [-0.25, -0.2) is 4.39 Å². The fraction of sp³-hybridized carbons (Fsp3) is 0.0714. The van der Waals surface area contributed by atoms with Crippen molar-refractivity contribution in [2.75, 3.05) is 5.32 Å². The van der Waals surface area contributed by atoms with E-state index in [1.807, 2.05) is 73.7 Å². The van der Waals surface area contributed by atoms with Crippen molar-refractivity contribution in [2.24, 2.45) is 0 Å². The third-order valence-electron chi connectivity index (χ3n) is 5.81. The Morgan fingerprint density at radius 2 is 1.48 bits per heavy atom. The average molecular weight is 436 g/mol. The van der Waals surface area contributed by atoms with Crippen molar-refractivity contribution in [3.05, 3.63) is 119 Å². The van der Waals surface area contributed by atoms with Crippen LogP contribution in [0.4, 0.5) is 10.1 Å². The number of carbonyl (C=O) groups excluding carboxylic acids is 2. The lowest BCUT2D eigenvalue weighted by Crippen LogP contribution is -2.32. The molecule has 5 heteroatoms. The number of aryl methyl sites for hydroxylation is 1. The van der Waals surface area contributed by atoms with Crippen molar-refractivity contribution in [3.63, 3.8) is 0 Å². The maximum atomic E-state index is 13.5. The second kappa shape index (κ2) is 8.36. The van der Waals surface area contributed by atoms with Gasteiger partial charge in [0.1, 0.15) is 11.5 Å². The van der Waals surface area contributed by atoms with E-state index in [0.29, 0.717) is 16.7 Å². The summed E-state index contributed by atoms with van der Waals surface area (Å²) in [6.45, 7) is 2.03. The molecule has 0 saturated carbocycles. The Balaban J connectivity index is 1.58. The zero-order valence-electron chi connectivity index (χ0n) is 18.0. The number of hydrogen-bond donors (Lipinski definition) is 1. The van der Waals surface area contributed by atoms with Gasteiger partial charge in [0.25, 0.3) is 11.8 Å². The average Bonchev–Trinajstić information content (AvgIpc) is 3.05. The van der Waals surface area contributed by atoms with Crippen LogP contribution < -0.4 is 5.32 Å². The van der Waals surface area contributed by atoms with E-state index in [2.05, 4.69) is 5.32 Å². The smallest absolute Gasteiger partial charge is 0.278 e. The van der Waals surface area contributed by atoms with Crippen molar-refractivity contribution in [1.82, 2.24) is 4.90 Å². The van der Waals surface area contributed by atoms with Crippen LogP contribution in [0, 0.1) is 12.7 Å². The minimum atomic E-state index is -0.409. The van der Waals surface area contributed by atoms with Crippen LogP contribution in [0.2, 0.25) is 0 Å². The highest BCUT2D eigenvalue weighted by Gasteiger charge is 2.39. The molecule has 4 aromatic carbocycles. The van der Waals surface area contributed by atoms with Gasteiger partial charge in [-0.3, -0.25) is 14.5 Å². The van der Waals surface area contributed by atoms with Crippen LogP contribution in [0.15, 0.2) is 96.7 Å². The molecule has 5 rings (SSSR count). The molecule has 4 nitrogen and oxygen atoms in total. The summed E-state index contributed by atoms with van der Waals surface area (Å²) in [6.07, 6.45) is 0. The highest BCUT2D eigenvalue weighted by atomic mass is 19.1. The van der Waals surface area contributed by atoms with E-state index >= 15 is 0 Å². The normalized spacial score (nSPS) is 13.8. The molecule has 4 aromatic rings. The van der Waals surface area contributed by atoms with Crippen LogP contribution in [0.3, 0.4) is 0 Å². The standard InChI is InChI=1S/C28H21FN2O2/c1-18-9-13-21(14-10-18)25-26(30-24-8-4-6-20-5-2-3-7-23(20)24)28(33)31(27(25)32)17-19-11-15-22(29)16-12-19/h2-16,30H,17H2,1H3. The maximum Gasteiger partial charge on any atom is 0.278 e. The Morgan fingerprint density at radius 3 is 2.24 bits per heavy atom. The van der Waals surface area contributed by atoms with Gasteiger partial charge >= 0.3 is 0 Å². The molecule has 0 aromatic heterocycles. The molecule has 2 amide bonds. The topological polar surface area (TPSA) is 49.4 Å². The van der Waals surface area contributed by atoms with Gasteiger partial charge in [-0.1, -0.05) is 78.4 Å². The molecule has 0 saturated heterocycles. The van der Waals surface area contributed by atoms with E-state index in [1.165, 1.54) is 17.0 Å². The van der Waals surface area contributed by atoms with Gasteiger partial charge in [-0.05, 0) is 41.6 Å². The van der Waals surface area contributed by atoms with Crippen LogP contribution in [-0.4, -0.2) is 16.7 Å². The summed E-state index contributed by atoms with van der Waals surface area (Å²) in [4.78, 5) is 28.2. The molecule has 0 bridgehead atoms. The summed E-state index contributed by atoms with van der Waals surface area (Å²) in [5.74, 6) is -1.15. The third kappa shape index (κ3) is 3.89. The number of benzene rings is 4. The molecule has 0 fully saturated rings. The first-order valence-electron chi connectivity index (χ1n) is 10.7. The molecule has 0 radical (unpaired) electrons. The zero-order chi connectivity index (χ0) is 22.9. The number of amides is 2. The molecule has 1 aliphatic heterocycles. The number of imide groups is 1. The van der Waals surface area contributed by atoms with Gasteiger partial charge in [-0.15, -0.1) is 0 Å². The van der Waals surface area contributed by atoms with E-state index in [-0.39, 0.29) is 24.0 Å². The number of fused-ring (bicyclic) bond motifs is 1. The fourth-order valence-corrected chi connectivity index (χ4v) is 4.07. The SMILES string of the molecule is Cc1ccc(C2=C(Nc3cccc4ccccc34)C(=O)N(Cc3ccc(F)cc3)C2=O)cc1. The number of nitrogens with one attached hydrogen (secondary N) is 1. The fourth-order valence-electron chi connectivity index (χ4n) is 4.07. The summed E-state index contributed by atoms with van der Waals surface area (Å²) >= 11 is 0. The minimum absolute atomic E-state index is 0.0635. The molecule has 0 spiro atoms. The summed E-state index contributed by atoms with van der Waals surface area (Å²) in [7, 11) is 0. The molecular weight excluding hydrogens is 415 g/mol. The number of carbonyl (C=O) groups is 2. The monoisotopic (exact) mass is 436 g/mol. The van der Waals surface area contributed by atoms with Crippen molar-refractivity contribution in [3.8, 4) is 0 Å². The second-order valence-corrected chi connectivity index (χ2v) is 8.09. The summed E-state index contributed by atoms with van der Waals surface area (Å²) in [6, 6.07) is 27.0. The molecule has 1 heterocycles. The number of rotatable bonds is 5. The maximum absolute atomic E-state index is 13.5. The van der Waals surface area contributed by atoms with Gasteiger partial charge in [0.05, 0.1) is 12.1 Å². The zero-order valence-corrected chi connectivity index (χ0v) is 18.0. The summed E-state index contributed by atoms with van der Waals surface area (Å²) in [5, 5.41) is 5.24. The molecule has 1 N–H and O–H groups in total. The lowest BCUT2D eigenvalue weighted by molar-refractivity contribution is -0.137. The first kappa shape index (κ1) is 20.6. The van der Waals surface area contributed by atoms with Crippen molar-refractivity contribution >= 4 is 33.8 Å². The molecule has 0 atom stereocenters. The van der Waals surface area contributed by atoms with Crippen LogP contribution in [0.1, 0.15) is 16.7 Å². The first-order chi connectivity index (χ1) is 16.0. The summed E-state index contributed by atoms with van der Waals surface area (Å²) < 4.78 is 13.3.